The van der Waals surface area contributed by atoms with Gasteiger partial charge in [-0.2, -0.15) is 0 Å². The molecule has 0 aliphatic rings. The maximum Gasteiger partial charge on any atom is 0.191 e. The summed E-state index contributed by atoms with van der Waals surface area (Å²) in [6, 6.07) is 6.06. The largest absolute Gasteiger partial charge is 0.489 e. The number of hydrogen-bond acceptors (Lipinski definition) is 3. The highest BCUT2D eigenvalue weighted by Crippen LogP contribution is 2.13. The molecule has 0 fully saturated rings. The third-order valence-electron chi connectivity index (χ3n) is 3.18. The molecule has 0 saturated carbocycles. The lowest BCUT2D eigenvalue weighted by Gasteiger charge is -2.20. The van der Waals surface area contributed by atoms with Gasteiger partial charge in [-0.15, -0.1) is 24.0 Å². The van der Waals surface area contributed by atoms with Crippen LogP contribution in [0, 0.1) is 5.82 Å². The highest BCUT2D eigenvalue weighted by Gasteiger charge is 2.18. The van der Waals surface area contributed by atoms with Crippen LogP contribution in [-0.2, 0) is 10.8 Å². The number of ether oxygens (including phenoxy) is 1. The average molecular weight is 485 g/mol. The number of hydrogen-bond donors (Lipinski definition) is 2. The number of nitrogens with zero attached hydrogens (tertiary/aromatic N) is 1. The molecule has 2 unspecified atom stereocenters. The fourth-order valence-corrected chi connectivity index (χ4v) is 2.74. The Bertz CT molecular complexity index is 579. The zero-order valence-electron chi connectivity index (χ0n) is 15.5. The van der Waals surface area contributed by atoms with E-state index >= 15 is 0 Å². The van der Waals surface area contributed by atoms with Gasteiger partial charge >= 0.3 is 0 Å². The van der Waals surface area contributed by atoms with E-state index in [4.69, 9.17) is 4.74 Å². The minimum absolute atomic E-state index is 0. The first-order valence-corrected chi connectivity index (χ1v) is 9.29. The molecule has 0 saturated heterocycles. The van der Waals surface area contributed by atoms with Crippen molar-refractivity contribution in [3.8, 4) is 5.75 Å². The van der Waals surface area contributed by atoms with Crippen molar-refractivity contribution in [3.63, 3.8) is 0 Å². The van der Waals surface area contributed by atoms with Crippen LogP contribution >= 0.6 is 24.0 Å². The second-order valence-corrected chi connectivity index (χ2v) is 8.75. The number of aliphatic imine (C=N–C) groups is 1. The minimum Gasteiger partial charge on any atom is -0.489 e. The normalized spacial score (nSPS) is 14.2. The molecule has 25 heavy (non-hydrogen) atoms. The second-order valence-electron chi connectivity index (χ2n) is 6.43. The van der Waals surface area contributed by atoms with Gasteiger partial charge < -0.3 is 15.4 Å². The van der Waals surface area contributed by atoms with Crippen molar-refractivity contribution in [3.05, 3.63) is 30.1 Å². The molecule has 2 N–H and O–H groups in total. The zero-order chi connectivity index (χ0) is 18.2. The Hall–Kier alpha value is -0.900. The number of halogens is 2. The van der Waals surface area contributed by atoms with E-state index in [9.17, 15) is 8.60 Å². The summed E-state index contributed by atoms with van der Waals surface area (Å²) < 4.78 is 30.5. The first kappa shape index (κ1) is 24.1. The molecule has 0 bridgehead atoms. The van der Waals surface area contributed by atoms with Gasteiger partial charge in [0, 0.05) is 41.0 Å². The van der Waals surface area contributed by atoms with Crippen molar-refractivity contribution >= 4 is 40.7 Å². The first-order valence-electron chi connectivity index (χ1n) is 7.97. The van der Waals surface area contributed by atoms with E-state index in [0.29, 0.717) is 30.6 Å². The zero-order valence-corrected chi connectivity index (χ0v) is 18.6. The molecule has 0 spiro atoms. The molecule has 2 atom stereocenters. The lowest BCUT2D eigenvalue weighted by Crippen LogP contribution is -2.43. The fraction of sp³-hybridized carbons (Fsp3) is 0.588. The number of benzene rings is 1. The van der Waals surface area contributed by atoms with Crippen molar-refractivity contribution < 1.29 is 13.3 Å². The number of guanidine groups is 1. The molecule has 0 aliphatic carbocycles. The van der Waals surface area contributed by atoms with Crippen LogP contribution in [0.2, 0.25) is 0 Å². The predicted octanol–water partition coefficient (Wildman–Crippen LogP) is 2.92. The van der Waals surface area contributed by atoms with Gasteiger partial charge in [-0.3, -0.25) is 9.20 Å². The van der Waals surface area contributed by atoms with Crippen LogP contribution in [0.25, 0.3) is 0 Å². The number of rotatable bonds is 7. The first-order chi connectivity index (χ1) is 11.2. The van der Waals surface area contributed by atoms with Gasteiger partial charge in [0.1, 0.15) is 17.7 Å². The summed E-state index contributed by atoms with van der Waals surface area (Å²) >= 11 is 0. The topological polar surface area (TPSA) is 62.7 Å². The molecule has 5 nitrogen and oxygen atoms in total. The Morgan fingerprint density at radius 1 is 1.36 bits per heavy atom. The summed E-state index contributed by atoms with van der Waals surface area (Å²) in [4.78, 5) is 4.12. The molecule has 0 radical (unpaired) electrons. The van der Waals surface area contributed by atoms with Gasteiger partial charge in [0.2, 0.25) is 0 Å². The van der Waals surface area contributed by atoms with Gasteiger partial charge in [-0.05, 0) is 39.8 Å². The number of nitrogens with one attached hydrogen (secondary N) is 2. The maximum atomic E-state index is 13.1. The fourth-order valence-electron chi connectivity index (χ4n) is 1.84. The summed E-state index contributed by atoms with van der Waals surface area (Å²) in [7, 11) is 0.772. The van der Waals surface area contributed by atoms with Gasteiger partial charge in [0.05, 0.1) is 6.54 Å². The molecule has 1 aromatic rings. The molecular formula is C17H29FIN3O2S. The molecule has 1 aromatic carbocycles. The Labute approximate surface area is 169 Å². The van der Waals surface area contributed by atoms with Crippen LogP contribution < -0.4 is 15.4 Å². The minimum atomic E-state index is -0.903. The molecule has 0 amide bonds. The van der Waals surface area contributed by atoms with Gasteiger partial charge in [0.25, 0.3) is 0 Å². The lowest BCUT2D eigenvalue weighted by molar-refractivity contribution is 0.223. The van der Waals surface area contributed by atoms with E-state index in [-0.39, 0.29) is 40.6 Å². The van der Waals surface area contributed by atoms with Crippen molar-refractivity contribution in [2.45, 2.75) is 38.5 Å². The van der Waals surface area contributed by atoms with Crippen molar-refractivity contribution in [1.82, 2.24) is 10.6 Å². The Kier molecular flexibility index (Phi) is 11.2. The van der Waals surface area contributed by atoms with E-state index in [2.05, 4.69) is 15.6 Å². The van der Waals surface area contributed by atoms with Gasteiger partial charge in [-0.25, -0.2) is 4.39 Å². The third kappa shape index (κ3) is 9.98. The molecule has 0 aliphatic heterocycles. The van der Waals surface area contributed by atoms with E-state index in [0.717, 1.165) is 0 Å². The van der Waals surface area contributed by atoms with E-state index in [1.54, 1.807) is 19.2 Å². The van der Waals surface area contributed by atoms with Gasteiger partial charge in [-0.1, -0.05) is 6.07 Å². The summed E-state index contributed by atoms with van der Waals surface area (Å²) in [5.41, 5.74) is 0. The Morgan fingerprint density at radius 2 is 2.04 bits per heavy atom. The van der Waals surface area contributed by atoms with Crippen LogP contribution in [0.1, 0.15) is 27.7 Å². The van der Waals surface area contributed by atoms with Crippen molar-refractivity contribution in [2.24, 2.45) is 4.99 Å². The highest BCUT2D eigenvalue weighted by molar-refractivity contribution is 14.0. The van der Waals surface area contributed by atoms with E-state index < -0.39 is 10.8 Å². The quantitative estimate of drug-likeness (QED) is 0.354. The van der Waals surface area contributed by atoms with Gasteiger partial charge in [0.15, 0.2) is 5.96 Å². The average Bonchev–Trinajstić information content (AvgIpc) is 2.49. The molecule has 0 aromatic heterocycles. The summed E-state index contributed by atoms with van der Waals surface area (Å²) in [5, 5.41) is 6.27. The van der Waals surface area contributed by atoms with Crippen LogP contribution in [0.4, 0.5) is 4.39 Å². The summed E-state index contributed by atoms with van der Waals surface area (Å²) in [6.07, 6.45) is -0.158. The molecule has 1 rings (SSSR count). The van der Waals surface area contributed by atoms with Crippen molar-refractivity contribution in [2.75, 3.05) is 25.9 Å². The van der Waals surface area contributed by atoms with Crippen LogP contribution in [-0.4, -0.2) is 46.9 Å². The van der Waals surface area contributed by atoms with Crippen LogP contribution in [0.5, 0.6) is 5.75 Å². The summed E-state index contributed by atoms with van der Waals surface area (Å²) in [6.45, 7) is 8.85. The lowest BCUT2D eigenvalue weighted by atomic mass is 10.3. The third-order valence-corrected chi connectivity index (χ3v) is 5.12. The molecule has 8 heteroatoms. The monoisotopic (exact) mass is 485 g/mol. The standard InChI is InChI=1S/C17H28FN3O2S.HI/c1-13(23-15-8-6-7-14(18)11-15)12-21-16(19-5)20-9-10-24(22)17(2,3)4;/h6-8,11,13H,9-10,12H2,1-5H3,(H2,19,20,21);1H. The van der Waals surface area contributed by atoms with E-state index in [1.807, 2.05) is 27.7 Å². The Balaban J connectivity index is 0.00000576. The molecular weight excluding hydrogens is 456 g/mol. The highest BCUT2D eigenvalue weighted by atomic mass is 127. The van der Waals surface area contributed by atoms with Crippen LogP contribution in [0.3, 0.4) is 0 Å². The SMILES string of the molecule is CN=C(NCCS(=O)C(C)(C)C)NCC(C)Oc1cccc(F)c1.I. The molecule has 144 valence electrons. The predicted molar refractivity (Wildman–Crippen MR) is 114 cm³/mol. The smallest absolute Gasteiger partial charge is 0.191 e. The second kappa shape index (κ2) is 11.7. The van der Waals surface area contributed by atoms with E-state index in [1.165, 1.54) is 12.1 Å². The van der Waals surface area contributed by atoms with Crippen LogP contribution in [0.15, 0.2) is 29.3 Å². The Morgan fingerprint density at radius 3 is 2.60 bits per heavy atom. The maximum absolute atomic E-state index is 13.1. The molecule has 0 heterocycles. The summed E-state index contributed by atoms with van der Waals surface area (Å²) in [5.74, 6) is 1.35. The van der Waals surface area contributed by atoms with Crippen molar-refractivity contribution in [1.29, 1.82) is 0 Å².